The summed E-state index contributed by atoms with van der Waals surface area (Å²) in [7, 11) is 3.65. The van der Waals surface area contributed by atoms with Crippen molar-refractivity contribution < 1.29 is 9.53 Å². The van der Waals surface area contributed by atoms with Crippen LogP contribution in [-0.4, -0.2) is 44.6 Å². The molecule has 1 aromatic carbocycles. The van der Waals surface area contributed by atoms with E-state index in [-0.39, 0.29) is 11.8 Å². The molecule has 0 radical (unpaired) electrons. The number of benzene rings is 1. The maximum Gasteiger partial charge on any atom is 0.226 e. The molecule has 1 unspecified atom stereocenters. The number of halogens is 1. The lowest BCUT2D eigenvalue weighted by Crippen LogP contribution is -2.38. The van der Waals surface area contributed by atoms with Gasteiger partial charge in [-0.05, 0) is 31.3 Å². The molecule has 4 nitrogen and oxygen atoms in total. The third-order valence-corrected chi connectivity index (χ3v) is 3.35. The minimum atomic E-state index is -0.0114. The predicted molar refractivity (Wildman–Crippen MR) is 80.4 cm³/mol. The fourth-order valence-electron chi connectivity index (χ4n) is 1.71. The van der Waals surface area contributed by atoms with Crippen molar-refractivity contribution in [1.82, 2.24) is 10.2 Å². The Morgan fingerprint density at radius 3 is 2.63 bits per heavy atom. The van der Waals surface area contributed by atoms with Crippen molar-refractivity contribution in [2.24, 2.45) is 5.92 Å². The number of carbonyl (C=O) groups is 1. The summed E-state index contributed by atoms with van der Waals surface area (Å²) in [6, 6.07) is 7.66. The maximum absolute atomic E-state index is 11.9. The van der Waals surface area contributed by atoms with Crippen LogP contribution in [0.3, 0.4) is 0 Å². The van der Waals surface area contributed by atoms with Crippen LogP contribution in [0.25, 0.3) is 0 Å². The molecule has 1 aromatic rings. The fourth-order valence-corrected chi connectivity index (χ4v) is 1.98. The van der Waals surface area contributed by atoms with E-state index in [0.29, 0.717) is 19.7 Å². The van der Waals surface area contributed by atoms with Gasteiger partial charge in [0.05, 0.1) is 6.54 Å². The van der Waals surface area contributed by atoms with Gasteiger partial charge in [0.2, 0.25) is 5.91 Å². The first-order chi connectivity index (χ1) is 9.04. The van der Waals surface area contributed by atoms with Gasteiger partial charge >= 0.3 is 0 Å². The Labute approximate surface area is 123 Å². The van der Waals surface area contributed by atoms with E-state index in [1.807, 2.05) is 38.2 Å². The minimum Gasteiger partial charge on any atom is -0.492 e. The lowest BCUT2D eigenvalue weighted by atomic mass is 10.1. The first kappa shape index (κ1) is 16.0. The summed E-state index contributed by atoms with van der Waals surface area (Å²) in [5.74, 6) is 0.934. The van der Waals surface area contributed by atoms with Crippen LogP contribution in [0.2, 0.25) is 0 Å². The average Bonchev–Trinajstić information content (AvgIpc) is 2.40. The van der Waals surface area contributed by atoms with Gasteiger partial charge in [0.15, 0.2) is 0 Å². The molecule has 0 aliphatic carbocycles. The van der Waals surface area contributed by atoms with Crippen molar-refractivity contribution in [3.63, 3.8) is 0 Å². The van der Waals surface area contributed by atoms with Crippen LogP contribution in [0.15, 0.2) is 28.7 Å². The third-order valence-electron chi connectivity index (χ3n) is 2.82. The van der Waals surface area contributed by atoms with Crippen molar-refractivity contribution >= 4 is 21.8 Å². The molecule has 0 fully saturated rings. The number of nitrogens with one attached hydrogen (secondary N) is 1. The summed E-state index contributed by atoms with van der Waals surface area (Å²) < 4.78 is 6.61. The zero-order chi connectivity index (χ0) is 14.3. The highest BCUT2D eigenvalue weighted by atomic mass is 79.9. The SMILES string of the molecule is CNCC(C)C(=O)N(C)CCOc1ccc(Br)cc1. The second kappa shape index (κ2) is 8.17. The minimum absolute atomic E-state index is 0.0114. The number of amides is 1. The van der Waals surface area contributed by atoms with Gasteiger partial charge in [-0.15, -0.1) is 0 Å². The van der Waals surface area contributed by atoms with E-state index < -0.39 is 0 Å². The number of ether oxygens (including phenoxy) is 1. The van der Waals surface area contributed by atoms with Crippen molar-refractivity contribution in [3.05, 3.63) is 28.7 Å². The van der Waals surface area contributed by atoms with E-state index in [1.165, 1.54) is 0 Å². The highest BCUT2D eigenvalue weighted by molar-refractivity contribution is 9.10. The quantitative estimate of drug-likeness (QED) is 0.833. The van der Waals surface area contributed by atoms with Crippen LogP contribution in [-0.2, 0) is 4.79 Å². The van der Waals surface area contributed by atoms with Crippen molar-refractivity contribution in [3.8, 4) is 5.75 Å². The molecule has 0 spiro atoms. The van der Waals surface area contributed by atoms with Crippen molar-refractivity contribution in [2.45, 2.75) is 6.92 Å². The van der Waals surface area contributed by atoms with Gasteiger partial charge in [-0.2, -0.15) is 0 Å². The summed E-state index contributed by atoms with van der Waals surface area (Å²) in [6.07, 6.45) is 0. The first-order valence-electron chi connectivity index (χ1n) is 6.32. The van der Waals surface area contributed by atoms with Gasteiger partial charge in [0.25, 0.3) is 0 Å². The lowest BCUT2D eigenvalue weighted by Gasteiger charge is -2.21. The average molecular weight is 329 g/mol. The molecule has 0 aromatic heterocycles. The molecule has 0 aliphatic heterocycles. The van der Waals surface area contributed by atoms with Crippen LogP contribution in [0, 0.1) is 5.92 Å². The maximum atomic E-state index is 11.9. The van der Waals surface area contributed by atoms with Crippen LogP contribution in [0.1, 0.15) is 6.92 Å². The van der Waals surface area contributed by atoms with Crippen molar-refractivity contribution in [1.29, 1.82) is 0 Å². The Bertz CT molecular complexity index is 395. The Balaban J connectivity index is 2.32. The number of hydrogen-bond acceptors (Lipinski definition) is 3. The monoisotopic (exact) mass is 328 g/mol. The number of rotatable bonds is 7. The molecule has 106 valence electrons. The number of likely N-dealkylation sites (N-methyl/N-ethyl adjacent to an activating group) is 1. The topological polar surface area (TPSA) is 41.6 Å². The second-order valence-electron chi connectivity index (χ2n) is 4.52. The Morgan fingerprint density at radius 2 is 2.05 bits per heavy atom. The lowest BCUT2D eigenvalue weighted by molar-refractivity contribution is -0.133. The smallest absolute Gasteiger partial charge is 0.226 e. The molecule has 0 saturated heterocycles. The molecular weight excluding hydrogens is 308 g/mol. The van der Waals surface area contributed by atoms with Gasteiger partial charge in [-0.25, -0.2) is 0 Å². The first-order valence-corrected chi connectivity index (χ1v) is 7.12. The van der Waals surface area contributed by atoms with Crippen LogP contribution in [0.5, 0.6) is 5.75 Å². The standard InChI is InChI=1S/C14H21BrN2O2/c1-11(10-16-2)14(18)17(3)8-9-19-13-6-4-12(15)5-7-13/h4-7,11,16H,8-10H2,1-3H3. The van der Waals surface area contributed by atoms with Gasteiger partial charge in [-0.3, -0.25) is 4.79 Å². The van der Waals surface area contributed by atoms with Gasteiger partial charge in [0.1, 0.15) is 12.4 Å². The van der Waals surface area contributed by atoms with Crippen LogP contribution < -0.4 is 10.1 Å². The molecule has 0 bridgehead atoms. The van der Waals surface area contributed by atoms with Gasteiger partial charge < -0.3 is 15.0 Å². The number of nitrogens with zero attached hydrogens (tertiary/aromatic N) is 1. The Hall–Kier alpha value is -1.07. The van der Waals surface area contributed by atoms with E-state index in [2.05, 4.69) is 21.2 Å². The molecule has 0 heterocycles. The molecule has 5 heteroatoms. The summed E-state index contributed by atoms with van der Waals surface area (Å²) in [4.78, 5) is 13.7. The highest BCUT2D eigenvalue weighted by Gasteiger charge is 2.16. The van der Waals surface area contributed by atoms with E-state index >= 15 is 0 Å². The zero-order valence-electron chi connectivity index (χ0n) is 11.6. The summed E-state index contributed by atoms with van der Waals surface area (Å²) in [5.41, 5.74) is 0. The van der Waals surface area contributed by atoms with Crippen LogP contribution in [0.4, 0.5) is 0 Å². The third kappa shape index (κ3) is 5.61. The normalized spacial score (nSPS) is 12.0. The van der Waals surface area contributed by atoms with E-state index in [9.17, 15) is 4.79 Å². The molecule has 0 saturated carbocycles. The molecule has 1 atom stereocenters. The molecule has 0 aliphatic rings. The summed E-state index contributed by atoms with van der Waals surface area (Å²) in [6.45, 7) is 3.70. The van der Waals surface area contributed by atoms with E-state index in [0.717, 1.165) is 10.2 Å². The Kier molecular flexibility index (Phi) is 6.87. The van der Waals surface area contributed by atoms with Crippen molar-refractivity contribution in [2.75, 3.05) is 33.8 Å². The molecule has 1 amide bonds. The van der Waals surface area contributed by atoms with E-state index in [4.69, 9.17) is 4.74 Å². The summed E-state index contributed by atoms with van der Waals surface area (Å²) in [5, 5.41) is 3.01. The predicted octanol–water partition coefficient (Wildman–Crippen LogP) is 2.14. The molecular formula is C14H21BrN2O2. The molecule has 1 N–H and O–H groups in total. The molecule has 19 heavy (non-hydrogen) atoms. The molecule has 1 rings (SSSR count). The fraction of sp³-hybridized carbons (Fsp3) is 0.500. The zero-order valence-corrected chi connectivity index (χ0v) is 13.2. The van der Waals surface area contributed by atoms with Crippen LogP contribution >= 0.6 is 15.9 Å². The highest BCUT2D eigenvalue weighted by Crippen LogP contribution is 2.15. The van der Waals surface area contributed by atoms with Gasteiger partial charge in [-0.1, -0.05) is 22.9 Å². The summed E-state index contributed by atoms with van der Waals surface area (Å²) >= 11 is 3.37. The Morgan fingerprint density at radius 1 is 1.42 bits per heavy atom. The number of hydrogen-bond donors (Lipinski definition) is 1. The van der Waals surface area contributed by atoms with Gasteiger partial charge in [0, 0.05) is 24.0 Å². The largest absolute Gasteiger partial charge is 0.492 e. The second-order valence-corrected chi connectivity index (χ2v) is 5.44. The number of carbonyl (C=O) groups excluding carboxylic acids is 1. The van der Waals surface area contributed by atoms with E-state index in [1.54, 1.807) is 11.9 Å².